The van der Waals surface area contributed by atoms with E-state index in [9.17, 15) is 25.2 Å². The van der Waals surface area contributed by atoms with Gasteiger partial charge in [0.2, 0.25) is 0 Å². The molecular weight excluding hydrogens is 668 g/mol. The van der Waals surface area contributed by atoms with E-state index in [2.05, 4.69) is 13.8 Å². The highest BCUT2D eigenvalue weighted by molar-refractivity contribution is 5.89. The summed E-state index contributed by atoms with van der Waals surface area (Å²) in [6, 6.07) is 9.08. The highest BCUT2D eigenvalue weighted by Gasteiger charge is 2.44. The van der Waals surface area contributed by atoms with Crippen LogP contribution in [0.1, 0.15) is 191 Å². The number of ether oxygens (including phenoxy) is 3. The second-order valence-electron chi connectivity index (χ2n) is 15.5. The van der Waals surface area contributed by atoms with Crippen LogP contribution >= 0.6 is 0 Å². The topological polar surface area (TPSA) is 126 Å². The van der Waals surface area contributed by atoms with E-state index in [0.29, 0.717) is 12.0 Å². The van der Waals surface area contributed by atoms with Gasteiger partial charge in [-0.05, 0) is 49.5 Å². The summed E-state index contributed by atoms with van der Waals surface area (Å²) in [5.74, 6) is -0.356. The predicted molar refractivity (Wildman–Crippen MR) is 215 cm³/mol. The first-order valence-corrected chi connectivity index (χ1v) is 21.8. The largest absolute Gasteiger partial charge is 0.455 e. The van der Waals surface area contributed by atoms with Crippen LogP contribution in [0.25, 0.3) is 0 Å². The lowest BCUT2D eigenvalue weighted by Crippen LogP contribution is -2.59. The van der Waals surface area contributed by atoms with Crippen molar-refractivity contribution in [2.45, 2.75) is 218 Å². The summed E-state index contributed by atoms with van der Waals surface area (Å²) in [5.41, 5.74) is 1.46. The fourth-order valence-corrected chi connectivity index (χ4v) is 7.20. The summed E-state index contributed by atoms with van der Waals surface area (Å²) in [6.45, 7) is 4.11. The molecule has 8 heteroatoms. The van der Waals surface area contributed by atoms with Gasteiger partial charge in [0.1, 0.15) is 30.5 Å². The SMILES string of the molecule is CCCCCCCCCCCCCC/C(=C/[C@@H](CCCCCCCCCCCCCC)OC(=O)c1ccccc1)CO[C@@H]1O[C@H](CO)[C@@H](O)[C@H](O)[C@H]1O. The molecule has 1 aliphatic rings. The number of esters is 1. The maximum Gasteiger partial charge on any atom is 0.338 e. The second kappa shape index (κ2) is 31.4. The van der Waals surface area contributed by atoms with E-state index in [1.807, 2.05) is 24.3 Å². The van der Waals surface area contributed by atoms with Gasteiger partial charge in [0, 0.05) is 0 Å². The van der Waals surface area contributed by atoms with Crippen LogP contribution in [0.2, 0.25) is 0 Å². The molecule has 0 aliphatic carbocycles. The average molecular weight is 747 g/mol. The highest BCUT2D eigenvalue weighted by Crippen LogP contribution is 2.25. The normalized spacial score (nSPS) is 21.2. The van der Waals surface area contributed by atoms with Crippen LogP contribution in [0, 0.1) is 0 Å². The molecule has 1 heterocycles. The van der Waals surface area contributed by atoms with Gasteiger partial charge in [-0.2, -0.15) is 0 Å². The van der Waals surface area contributed by atoms with Gasteiger partial charge in [-0.25, -0.2) is 4.79 Å². The van der Waals surface area contributed by atoms with Gasteiger partial charge in [-0.15, -0.1) is 0 Å². The van der Waals surface area contributed by atoms with Gasteiger partial charge in [-0.1, -0.05) is 173 Å². The number of aliphatic hydroxyl groups excluding tert-OH is 4. The molecule has 1 saturated heterocycles. The van der Waals surface area contributed by atoms with E-state index in [4.69, 9.17) is 14.2 Å². The van der Waals surface area contributed by atoms with Crippen LogP contribution in [-0.4, -0.2) is 76.4 Å². The van der Waals surface area contributed by atoms with Crippen molar-refractivity contribution < 1.29 is 39.4 Å². The Balaban J connectivity index is 1.98. The molecule has 0 saturated carbocycles. The minimum Gasteiger partial charge on any atom is -0.455 e. The molecule has 8 nitrogen and oxygen atoms in total. The molecule has 1 aromatic carbocycles. The van der Waals surface area contributed by atoms with Crippen molar-refractivity contribution in [3.8, 4) is 0 Å². The van der Waals surface area contributed by atoms with Gasteiger partial charge in [-0.3, -0.25) is 0 Å². The first kappa shape index (κ1) is 47.3. The van der Waals surface area contributed by atoms with Crippen molar-refractivity contribution in [1.82, 2.24) is 0 Å². The predicted octanol–water partition coefficient (Wildman–Crippen LogP) is 10.1. The summed E-state index contributed by atoms with van der Waals surface area (Å²) < 4.78 is 17.7. The molecule has 0 aromatic heterocycles. The summed E-state index contributed by atoms with van der Waals surface area (Å²) in [4.78, 5) is 13.2. The molecule has 6 atom stereocenters. The molecule has 53 heavy (non-hydrogen) atoms. The molecule has 0 unspecified atom stereocenters. The standard InChI is InChI=1S/C45H78O8/c1-3-5-7-9-11-13-15-17-19-21-23-26-30-37(36-51-45-43(49)42(48)41(47)40(35-46)53-45)34-39(52-44(50)38-31-27-25-28-32-38)33-29-24-22-20-18-16-14-12-10-8-6-4-2/h25,27-28,31-32,34,39-43,45-49H,3-24,26,29-30,33,35-36H2,1-2H3/b37-34-/t39-,40-,41-,42+,43-,45-/m1/s1. The Morgan fingerprint density at radius 3 is 1.62 bits per heavy atom. The van der Waals surface area contributed by atoms with Gasteiger partial charge in [0.15, 0.2) is 6.29 Å². The number of carbonyl (C=O) groups excluding carboxylic acids is 1. The Morgan fingerprint density at radius 1 is 0.660 bits per heavy atom. The fourth-order valence-electron chi connectivity index (χ4n) is 7.20. The molecule has 1 aliphatic heterocycles. The monoisotopic (exact) mass is 747 g/mol. The molecule has 0 amide bonds. The molecular formula is C45H78O8. The van der Waals surface area contributed by atoms with E-state index in [0.717, 1.165) is 37.7 Å². The Morgan fingerprint density at radius 2 is 1.13 bits per heavy atom. The maximum absolute atomic E-state index is 13.2. The number of unbranched alkanes of at least 4 members (excludes halogenated alkanes) is 22. The van der Waals surface area contributed by atoms with Gasteiger partial charge in [0.05, 0.1) is 18.8 Å². The zero-order valence-electron chi connectivity index (χ0n) is 33.6. The number of aliphatic hydroxyl groups is 4. The van der Waals surface area contributed by atoms with Gasteiger partial charge in [0.25, 0.3) is 0 Å². The van der Waals surface area contributed by atoms with E-state index < -0.39 is 43.4 Å². The van der Waals surface area contributed by atoms with Crippen LogP contribution in [-0.2, 0) is 14.2 Å². The third-order valence-electron chi connectivity index (χ3n) is 10.7. The van der Waals surface area contributed by atoms with Crippen LogP contribution in [0.5, 0.6) is 0 Å². The van der Waals surface area contributed by atoms with Crippen molar-refractivity contribution in [1.29, 1.82) is 0 Å². The first-order chi connectivity index (χ1) is 25.9. The zero-order valence-corrected chi connectivity index (χ0v) is 33.6. The lowest BCUT2D eigenvalue weighted by atomic mass is 9.99. The number of hydrogen-bond donors (Lipinski definition) is 4. The second-order valence-corrected chi connectivity index (χ2v) is 15.5. The summed E-state index contributed by atoms with van der Waals surface area (Å²) >= 11 is 0. The van der Waals surface area contributed by atoms with Gasteiger partial charge >= 0.3 is 5.97 Å². The molecule has 0 bridgehead atoms. The lowest BCUT2D eigenvalue weighted by Gasteiger charge is -2.39. The van der Waals surface area contributed by atoms with E-state index in [-0.39, 0.29) is 12.6 Å². The van der Waals surface area contributed by atoms with E-state index in [1.54, 1.807) is 12.1 Å². The highest BCUT2D eigenvalue weighted by atomic mass is 16.7. The van der Waals surface area contributed by atoms with Crippen molar-refractivity contribution in [2.24, 2.45) is 0 Å². The van der Waals surface area contributed by atoms with Crippen molar-refractivity contribution in [3.05, 3.63) is 47.5 Å². The number of benzene rings is 1. The van der Waals surface area contributed by atoms with Crippen LogP contribution in [0.15, 0.2) is 42.0 Å². The molecule has 1 fully saturated rings. The molecule has 306 valence electrons. The first-order valence-electron chi connectivity index (χ1n) is 21.8. The van der Waals surface area contributed by atoms with E-state index in [1.165, 1.54) is 128 Å². The van der Waals surface area contributed by atoms with Gasteiger partial charge < -0.3 is 34.6 Å². The van der Waals surface area contributed by atoms with Crippen LogP contribution < -0.4 is 0 Å². The minimum atomic E-state index is -1.50. The molecule has 0 radical (unpaired) electrons. The molecule has 1 aromatic rings. The third-order valence-corrected chi connectivity index (χ3v) is 10.7. The Hall–Kier alpha value is -1.81. The fraction of sp³-hybridized carbons (Fsp3) is 0.800. The number of carbonyl (C=O) groups is 1. The quantitative estimate of drug-likeness (QED) is 0.0318. The van der Waals surface area contributed by atoms with Crippen molar-refractivity contribution >= 4 is 5.97 Å². The lowest BCUT2D eigenvalue weighted by molar-refractivity contribution is -0.299. The number of hydrogen-bond acceptors (Lipinski definition) is 8. The van der Waals surface area contributed by atoms with Crippen molar-refractivity contribution in [3.63, 3.8) is 0 Å². The Bertz CT molecular complexity index is 1030. The summed E-state index contributed by atoms with van der Waals surface area (Å²) in [5, 5.41) is 40.8. The Labute approximate surface area is 323 Å². The van der Waals surface area contributed by atoms with Crippen LogP contribution in [0.4, 0.5) is 0 Å². The zero-order chi connectivity index (χ0) is 38.4. The summed E-state index contributed by atoms with van der Waals surface area (Å²) in [6.07, 6.45) is 26.5. The number of rotatable bonds is 33. The van der Waals surface area contributed by atoms with Crippen LogP contribution in [0.3, 0.4) is 0 Å². The third kappa shape index (κ3) is 21.8. The van der Waals surface area contributed by atoms with Crippen molar-refractivity contribution in [2.75, 3.05) is 13.2 Å². The van der Waals surface area contributed by atoms with E-state index >= 15 is 0 Å². The molecule has 0 spiro atoms. The minimum absolute atomic E-state index is 0.110. The smallest absolute Gasteiger partial charge is 0.338 e. The average Bonchev–Trinajstić information content (AvgIpc) is 3.17. The Kier molecular flexibility index (Phi) is 28.0. The molecule has 2 rings (SSSR count). The maximum atomic E-state index is 13.2. The molecule has 4 N–H and O–H groups in total. The summed E-state index contributed by atoms with van der Waals surface area (Å²) in [7, 11) is 0.